The van der Waals surface area contributed by atoms with Crippen LogP contribution in [0.4, 0.5) is 11.6 Å². The normalized spacial score (nSPS) is 17.6. The summed E-state index contributed by atoms with van der Waals surface area (Å²) in [5, 5.41) is 3.58. The monoisotopic (exact) mass is 282 g/mol. The number of nitrogens with zero attached hydrogens (tertiary/aromatic N) is 2. The predicted molar refractivity (Wildman–Crippen MR) is 86.4 cm³/mol. The van der Waals surface area contributed by atoms with Crippen LogP contribution in [0.15, 0.2) is 30.6 Å². The summed E-state index contributed by atoms with van der Waals surface area (Å²) in [6.07, 6.45) is 4.82. The first-order valence-corrected chi connectivity index (χ1v) is 7.59. The summed E-state index contributed by atoms with van der Waals surface area (Å²) in [5.74, 6) is 1.78. The van der Waals surface area contributed by atoms with Crippen LogP contribution in [0.1, 0.15) is 42.9 Å². The second-order valence-corrected chi connectivity index (χ2v) is 6.03. The first kappa shape index (κ1) is 13.9. The summed E-state index contributed by atoms with van der Waals surface area (Å²) in [6.45, 7) is 4.24. The number of aryl methyl sites for hydroxylation is 1. The van der Waals surface area contributed by atoms with E-state index < -0.39 is 0 Å². The van der Waals surface area contributed by atoms with E-state index in [9.17, 15) is 0 Å². The maximum absolute atomic E-state index is 6.01. The average molecular weight is 282 g/mol. The van der Waals surface area contributed by atoms with Crippen molar-refractivity contribution in [2.45, 2.75) is 45.1 Å². The highest BCUT2D eigenvalue weighted by Crippen LogP contribution is 2.29. The molecule has 3 rings (SSSR count). The number of hydrogen-bond donors (Lipinski definition) is 2. The average Bonchev–Trinajstić information content (AvgIpc) is 2.47. The molecule has 1 aromatic carbocycles. The van der Waals surface area contributed by atoms with Crippen molar-refractivity contribution >= 4 is 11.6 Å². The lowest BCUT2D eigenvalue weighted by Gasteiger charge is -2.27. The number of aromatic nitrogens is 2. The number of hydrogen-bond acceptors (Lipinski definition) is 4. The fraction of sp³-hybridized carbons (Fsp3) is 0.412. The van der Waals surface area contributed by atoms with Crippen molar-refractivity contribution in [2.24, 2.45) is 0 Å². The van der Waals surface area contributed by atoms with Gasteiger partial charge in [0, 0.05) is 11.6 Å². The summed E-state index contributed by atoms with van der Waals surface area (Å²) < 4.78 is 0. The SMILES string of the molecule is CC(C)c1c(N)ncnc1NC1CCc2ccccc2C1. The van der Waals surface area contributed by atoms with Crippen LogP contribution >= 0.6 is 0 Å². The quantitative estimate of drug-likeness (QED) is 0.907. The van der Waals surface area contributed by atoms with E-state index in [1.807, 2.05) is 0 Å². The minimum Gasteiger partial charge on any atom is -0.383 e. The molecule has 0 saturated carbocycles. The molecule has 0 fully saturated rings. The standard InChI is InChI=1S/C17H22N4/c1-11(2)15-16(18)19-10-20-17(15)21-14-8-7-12-5-3-4-6-13(12)9-14/h3-6,10-11,14H,7-9H2,1-2H3,(H3,18,19,20,21). The molecule has 3 N–H and O–H groups in total. The van der Waals surface area contributed by atoms with Crippen molar-refractivity contribution in [3.8, 4) is 0 Å². The number of anilines is 2. The first-order chi connectivity index (χ1) is 10.1. The molecule has 110 valence electrons. The lowest BCUT2D eigenvalue weighted by Crippen LogP contribution is -2.28. The van der Waals surface area contributed by atoms with Gasteiger partial charge in [-0.2, -0.15) is 0 Å². The van der Waals surface area contributed by atoms with Crippen LogP contribution in [0, 0.1) is 0 Å². The molecule has 1 atom stereocenters. The predicted octanol–water partition coefficient (Wildman–Crippen LogP) is 3.15. The van der Waals surface area contributed by atoms with E-state index in [1.165, 1.54) is 11.1 Å². The molecular formula is C17H22N4. The Kier molecular flexibility index (Phi) is 3.78. The lowest BCUT2D eigenvalue weighted by atomic mass is 9.88. The van der Waals surface area contributed by atoms with Crippen LogP contribution in [0.2, 0.25) is 0 Å². The molecule has 1 heterocycles. The fourth-order valence-electron chi connectivity index (χ4n) is 3.11. The highest BCUT2D eigenvalue weighted by Gasteiger charge is 2.21. The second-order valence-electron chi connectivity index (χ2n) is 6.03. The van der Waals surface area contributed by atoms with Crippen LogP contribution in [-0.2, 0) is 12.8 Å². The van der Waals surface area contributed by atoms with Crippen molar-refractivity contribution in [1.29, 1.82) is 0 Å². The van der Waals surface area contributed by atoms with Gasteiger partial charge in [0.05, 0.1) is 0 Å². The topological polar surface area (TPSA) is 63.8 Å². The molecule has 21 heavy (non-hydrogen) atoms. The van der Waals surface area contributed by atoms with Gasteiger partial charge in [-0.15, -0.1) is 0 Å². The van der Waals surface area contributed by atoms with Crippen LogP contribution in [0.25, 0.3) is 0 Å². The zero-order valence-corrected chi connectivity index (χ0v) is 12.6. The molecule has 0 radical (unpaired) electrons. The largest absolute Gasteiger partial charge is 0.383 e. The van der Waals surface area contributed by atoms with Gasteiger partial charge in [-0.3, -0.25) is 0 Å². The third-order valence-corrected chi connectivity index (χ3v) is 4.18. The van der Waals surface area contributed by atoms with Gasteiger partial charge in [-0.1, -0.05) is 38.1 Å². The van der Waals surface area contributed by atoms with Crippen LogP contribution in [0.5, 0.6) is 0 Å². The van der Waals surface area contributed by atoms with E-state index in [-0.39, 0.29) is 0 Å². The summed E-state index contributed by atoms with van der Waals surface area (Å²) in [6, 6.07) is 9.10. The summed E-state index contributed by atoms with van der Waals surface area (Å²) >= 11 is 0. The number of nitrogen functional groups attached to an aromatic ring is 1. The minimum atomic E-state index is 0.310. The number of rotatable bonds is 3. The molecular weight excluding hydrogens is 260 g/mol. The molecule has 1 aliphatic rings. The Morgan fingerprint density at radius 2 is 1.95 bits per heavy atom. The lowest BCUT2D eigenvalue weighted by molar-refractivity contribution is 0.607. The Bertz CT molecular complexity index is 636. The van der Waals surface area contributed by atoms with E-state index >= 15 is 0 Å². The van der Waals surface area contributed by atoms with E-state index in [2.05, 4.69) is 53.4 Å². The molecule has 0 spiro atoms. The fourth-order valence-corrected chi connectivity index (χ4v) is 3.11. The number of nitrogens with one attached hydrogen (secondary N) is 1. The molecule has 0 amide bonds. The van der Waals surface area contributed by atoms with E-state index in [0.29, 0.717) is 17.8 Å². The first-order valence-electron chi connectivity index (χ1n) is 7.59. The highest BCUT2D eigenvalue weighted by atomic mass is 15.1. The third kappa shape index (κ3) is 2.84. The van der Waals surface area contributed by atoms with E-state index in [0.717, 1.165) is 30.6 Å². The van der Waals surface area contributed by atoms with Crippen LogP contribution < -0.4 is 11.1 Å². The van der Waals surface area contributed by atoms with E-state index in [4.69, 9.17) is 5.73 Å². The zero-order valence-electron chi connectivity index (χ0n) is 12.6. The molecule has 2 aromatic rings. The van der Waals surface area contributed by atoms with Gasteiger partial charge >= 0.3 is 0 Å². The Morgan fingerprint density at radius 1 is 1.19 bits per heavy atom. The molecule has 1 aromatic heterocycles. The molecule has 4 nitrogen and oxygen atoms in total. The third-order valence-electron chi connectivity index (χ3n) is 4.18. The van der Waals surface area contributed by atoms with Crippen molar-refractivity contribution in [2.75, 3.05) is 11.1 Å². The summed E-state index contributed by atoms with van der Waals surface area (Å²) in [7, 11) is 0. The Hall–Kier alpha value is -2.10. The van der Waals surface area contributed by atoms with E-state index in [1.54, 1.807) is 6.33 Å². The van der Waals surface area contributed by atoms with Gasteiger partial charge in [0.25, 0.3) is 0 Å². The maximum atomic E-state index is 6.01. The Balaban J connectivity index is 1.81. The molecule has 4 heteroatoms. The van der Waals surface area contributed by atoms with Crippen LogP contribution in [0.3, 0.4) is 0 Å². The van der Waals surface area contributed by atoms with Gasteiger partial charge in [0.15, 0.2) is 0 Å². The minimum absolute atomic E-state index is 0.310. The van der Waals surface area contributed by atoms with Crippen molar-refractivity contribution in [1.82, 2.24) is 9.97 Å². The molecule has 0 saturated heterocycles. The molecule has 1 aliphatic carbocycles. The Labute approximate surface area is 125 Å². The zero-order chi connectivity index (χ0) is 14.8. The highest BCUT2D eigenvalue weighted by molar-refractivity contribution is 5.57. The molecule has 1 unspecified atom stereocenters. The van der Waals surface area contributed by atoms with Gasteiger partial charge in [0.2, 0.25) is 0 Å². The van der Waals surface area contributed by atoms with Crippen LogP contribution in [-0.4, -0.2) is 16.0 Å². The van der Waals surface area contributed by atoms with Crippen molar-refractivity contribution < 1.29 is 0 Å². The number of nitrogens with two attached hydrogens (primary N) is 1. The second kappa shape index (κ2) is 5.72. The summed E-state index contributed by atoms with van der Waals surface area (Å²) in [4.78, 5) is 8.53. The summed E-state index contributed by atoms with van der Waals surface area (Å²) in [5.41, 5.74) is 9.95. The smallest absolute Gasteiger partial charge is 0.135 e. The van der Waals surface area contributed by atoms with Crippen molar-refractivity contribution in [3.05, 3.63) is 47.3 Å². The Morgan fingerprint density at radius 3 is 2.71 bits per heavy atom. The van der Waals surface area contributed by atoms with Gasteiger partial charge in [-0.05, 0) is 36.3 Å². The maximum Gasteiger partial charge on any atom is 0.135 e. The molecule has 0 bridgehead atoms. The van der Waals surface area contributed by atoms with Gasteiger partial charge in [-0.25, -0.2) is 9.97 Å². The van der Waals surface area contributed by atoms with Gasteiger partial charge in [0.1, 0.15) is 18.0 Å². The van der Waals surface area contributed by atoms with Crippen molar-refractivity contribution in [3.63, 3.8) is 0 Å². The number of benzene rings is 1. The van der Waals surface area contributed by atoms with Gasteiger partial charge < -0.3 is 11.1 Å². The molecule has 0 aliphatic heterocycles. The number of fused-ring (bicyclic) bond motifs is 1.